The van der Waals surface area contributed by atoms with Crippen LogP contribution in [0.1, 0.15) is 41.6 Å². The van der Waals surface area contributed by atoms with E-state index in [4.69, 9.17) is 11.6 Å². The Bertz CT molecular complexity index is 869. The van der Waals surface area contributed by atoms with Gasteiger partial charge in [0, 0.05) is 5.02 Å². The molecule has 1 aliphatic heterocycles. The van der Waals surface area contributed by atoms with Crippen molar-refractivity contribution in [2.45, 2.75) is 32.2 Å². The van der Waals surface area contributed by atoms with Gasteiger partial charge < -0.3 is 5.11 Å². The van der Waals surface area contributed by atoms with E-state index in [9.17, 15) is 5.11 Å². The number of nitrogens with zero attached hydrogens (tertiary/aromatic N) is 4. The van der Waals surface area contributed by atoms with Gasteiger partial charge in [-0.25, -0.2) is 4.98 Å². The van der Waals surface area contributed by atoms with Gasteiger partial charge >= 0.3 is 0 Å². The number of halogens is 1. The molecule has 3 aromatic rings. The maximum absolute atomic E-state index is 10.7. The number of benzene rings is 1. The number of aryl methyl sites for hydroxylation is 1. The largest absolute Gasteiger partial charge is 0.492 e. The lowest BCUT2D eigenvalue weighted by atomic mass is 10.0. The van der Waals surface area contributed by atoms with E-state index in [2.05, 4.69) is 21.0 Å². The molecule has 4 rings (SSSR count). The summed E-state index contributed by atoms with van der Waals surface area (Å²) in [6.07, 6.45) is 3.62. The number of piperidine rings is 1. The monoisotopic (exact) mass is 362 g/mol. The molecule has 1 atom stereocenters. The zero-order chi connectivity index (χ0) is 16.7. The van der Waals surface area contributed by atoms with Gasteiger partial charge in [0.25, 0.3) is 0 Å². The third-order valence-corrected chi connectivity index (χ3v) is 5.78. The van der Waals surface area contributed by atoms with Crippen molar-refractivity contribution in [3.8, 4) is 5.88 Å². The van der Waals surface area contributed by atoms with Crippen LogP contribution in [0.4, 0.5) is 0 Å². The van der Waals surface area contributed by atoms with Crippen molar-refractivity contribution in [2.75, 3.05) is 13.1 Å². The van der Waals surface area contributed by atoms with Gasteiger partial charge in [-0.2, -0.15) is 4.52 Å². The summed E-state index contributed by atoms with van der Waals surface area (Å²) in [7, 11) is 0. The van der Waals surface area contributed by atoms with Gasteiger partial charge in [0.2, 0.25) is 10.8 Å². The van der Waals surface area contributed by atoms with Gasteiger partial charge in [0.1, 0.15) is 5.82 Å². The molecule has 1 N–H and O–H groups in total. The average Bonchev–Trinajstić information content (AvgIpc) is 3.07. The van der Waals surface area contributed by atoms with Crippen molar-refractivity contribution >= 4 is 27.9 Å². The van der Waals surface area contributed by atoms with Crippen LogP contribution in [-0.2, 0) is 0 Å². The molecule has 0 spiro atoms. The summed E-state index contributed by atoms with van der Waals surface area (Å²) in [5, 5.41) is 15.8. The number of thiazole rings is 1. The maximum atomic E-state index is 10.7. The molecule has 5 nitrogen and oxygen atoms in total. The van der Waals surface area contributed by atoms with Crippen LogP contribution >= 0.6 is 22.9 Å². The summed E-state index contributed by atoms with van der Waals surface area (Å²) in [6.45, 7) is 3.87. The smallest absolute Gasteiger partial charge is 0.230 e. The molecule has 24 heavy (non-hydrogen) atoms. The fourth-order valence-electron chi connectivity index (χ4n) is 3.41. The second-order valence-corrected chi connectivity index (χ2v) is 7.64. The first-order valence-electron chi connectivity index (χ1n) is 8.18. The predicted molar refractivity (Wildman–Crippen MR) is 96.0 cm³/mol. The van der Waals surface area contributed by atoms with Crippen LogP contribution in [0.25, 0.3) is 4.96 Å². The third-order valence-electron chi connectivity index (χ3n) is 4.47. The van der Waals surface area contributed by atoms with E-state index < -0.39 is 0 Å². The highest BCUT2D eigenvalue weighted by molar-refractivity contribution is 7.17. The standard InChI is InChI=1S/C17H19ClN4OS/c1-11-19-17-22(20-11)16(23)15(24-17)14(21-8-3-2-4-9-21)12-6-5-7-13(18)10-12/h5-7,10,14,23H,2-4,8-9H2,1H3/t14-/m0/s1. The summed E-state index contributed by atoms with van der Waals surface area (Å²) in [5.74, 6) is 0.853. The molecule has 0 bridgehead atoms. The Kier molecular flexibility index (Phi) is 4.20. The van der Waals surface area contributed by atoms with Gasteiger partial charge in [-0.15, -0.1) is 5.10 Å². The molecule has 0 radical (unpaired) electrons. The quantitative estimate of drug-likeness (QED) is 0.764. The highest BCUT2D eigenvalue weighted by Crippen LogP contribution is 2.41. The van der Waals surface area contributed by atoms with E-state index in [0.717, 1.165) is 28.5 Å². The van der Waals surface area contributed by atoms with Gasteiger partial charge in [-0.05, 0) is 50.6 Å². The molecule has 0 saturated carbocycles. The average molecular weight is 363 g/mol. The Labute approximate surface area is 149 Å². The Hall–Kier alpha value is -1.63. The number of fused-ring (bicyclic) bond motifs is 1. The topological polar surface area (TPSA) is 53.7 Å². The van der Waals surface area contributed by atoms with E-state index in [1.165, 1.54) is 35.1 Å². The van der Waals surface area contributed by atoms with Crippen LogP contribution in [0.5, 0.6) is 5.88 Å². The van der Waals surface area contributed by atoms with Crippen molar-refractivity contribution in [2.24, 2.45) is 0 Å². The van der Waals surface area contributed by atoms with Crippen LogP contribution in [0.3, 0.4) is 0 Å². The minimum atomic E-state index is -0.0159. The van der Waals surface area contributed by atoms with Crippen molar-refractivity contribution in [1.29, 1.82) is 0 Å². The molecule has 1 aliphatic rings. The predicted octanol–water partition coefficient (Wildman–Crippen LogP) is 4.03. The zero-order valence-electron chi connectivity index (χ0n) is 13.4. The molecular formula is C17H19ClN4OS. The van der Waals surface area contributed by atoms with Gasteiger partial charge in [0.15, 0.2) is 0 Å². The molecule has 1 aromatic carbocycles. The Morgan fingerprint density at radius 3 is 2.75 bits per heavy atom. The van der Waals surface area contributed by atoms with Crippen LogP contribution in [-0.4, -0.2) is 37.7 Å². The SMILES string of the molecule is Cc1nc2sc([C@H](c3cccc(Cl)c3)N3CCCCC3)c(O)n2n1. The summed E-state index contributed by atoms with van der Waals surface area (Å²) < 4.78 is 1.54. The number of rotatable bonds is 3. The fraction of sp³-hybridized carbons (Fsp3) is 0.412. The van der Waals surface area contributed by atoms with Crippen LogP contribution in [0.15, 0.2) is 24.3 Å². The van der Waals surface area contributed by atoms with E-state index in [1.54, 1.807) is 0 Å². The molecular weight excluding hydrogens is 344 g/mol. The van der Waals surface area contributed by atoms with E-state index in [-0.39, 0.29) is 11.9 Å². The lowest BCUT2D eigenvalue weighted by molar-refractivity contribution is 0.186. The summed E-state index contributed by atoms with van der Waals surface area (Å²) >= 11 is 7.73. The van der Waals surface area contributed by atoms with Crippen LogP contribution in [0, 0.1) is 6.92 Å². The molecule has 0 aliphatic carbocycles. The number of aromatic hydroxyl groups is 1. The summed E-state index contributed by atoms with van der Waals surface area (Å²) in [4.78, 5) is 8.43. The number of likely N-dealkylation sites (tertiary alicyclic amines) is 1. The second kappa shape index (κ2) is 6.35. The summed E-state index contributed by atoms with van der Waals surface area (Å²) in [5.41, 5.74) is 1.10. The lowest BCUT2D eigenvalue weighted by Crippen LogP contribution is -2.34. The molecule has 1 fully saturated rings. The molecule has 3 heterocycles. The van der Waals surface area contributed by atoms with Crippen molar-refractivity contribution in [3.05, 3.63) is 45.6 Å². The van der Waals surface area contributed by atoms with Crippen LogP contribution < -0.4 is 0 Å². The molecule has 7 heteroatoms. The van der Waals surface area contributed by atoms with Gasteiger partial charge in [0.05, 0.1) is 10.9 Å². The van der Waals surface area contributed by atoms with Crippen molar-refractivity contribution in [3.63, 3.8) is 0 Å². The van der Waals surface area contributed by atoms with Crippen LogP contribution in [0.2, 0.25) is 5.02 Å². The Morgan fingerprint density at radius 1 is 1.25 bits per heavy atom. The Morgan fingerprint density at radius 2 is 2.04 bits per heavy atom. The lowest BCUT2D eigenvalue weighted by Gasteiger charge is -2.34. The zero-order valence-corrected chi connectivity index (χ0v) is 15.0. The first kappa shape index (κ1) is 15.9. The van der Waals surface area contributed by atoms with Crippen molar-refractivity contribution < 1.29 is 5.11 Å². The minimum Gasteiger partial charge on any atom is -0.492 e. The molecule has 0 unspecified atom stereocenters. The number of hydrogen-bond acceptors (Lipinski definition) is 5. The van der Waals surface area contributed by atoms with E-state index in [0.29, 0.717) is 10.8 Å². The number of hydrogen-bond donors (Lipinski definition) is 1. The molecule has 2 aromatic heterocycles. The van der Waals surface area contributed by atoms with E-state index >= 15 is 0 Å². The maximum Gasteiger partial charge on any atom is 0.230 e. The first-order valence-corrected chi connectivity index (χ1v) is 9.37. The second-order valence-electron chi connectivity index (χ2n) is 6.20. The van der Waals surface area contributed by atoms with E-state index in [1.807, 2.05) is 25.1 Å². The van der Waals surface area contributed by atoms with Crippen molar-refractivity contribution in [1.82, 2.24) is 19.5 Å². The fourth-order valence-corrected chi connectivity index (χ4v) is 4.77. The molecule has 126 valence electrons. The minimum absolute atomic E-state index is 0.0159. The third kappa shape index (κ3) is 2.79. The van der Waals surface area contributed by atoms with Gasteiger partial charge in [-0.1, -0.05) is 41.5 Å². The van der Waals surface area contributed by atoms with Gasteiger partial charge in [-0.3, -0.25) is 4.90 Å². The highest BCUT2D eigenvalue weighted by Gasteiger charge is 2.30. The molecule has 0 amide bonds. The first-order chi connectivity index (χ1) is 11.6. The highest BCUT2D eigenvalue weighted by atomic mass is 35.5. The normalized spacial score (nSPS) is 17.4. The molecule has 1 saturated heterocycles. The summed E-state index contributed by atoms with van der Waals surface area (Å²) in [6, 6.07) is 7.89. The Balaban J connectivity index is 1.84. The number of aromatic nitrogens is 3.